The average molecular weight is 473 g/mol. The van der Waals surface area contributed by atoms with Crippen LogP contribution in [0.1, 0.15) is 22.5 Å². The van der Waals surface area contributed by atoms with Gasteiger partial charge in [0.1, 0.15) is 11.6 Å². The summed E-state index contributed by atoms with van der Waals surface area (Å²) in [6, 6.07) is 15.8. The second-order valence-corrected chi connectivity index (χ2v) is 8.26. The third kappa shape index (κ3) is 6.01. The van der Waals surface area contributed by atoms with Crippen LogP contribution in [-0.2, 0) is 24.2 Å². The number of aliphatic hydroxyl groups excluding tert-OH is 1. The Balaban J connectivity index is 0.000000271. The number of nitrogens with two attached hydrogens (primary N) is 1. The first-order valence-electron chi connectivity index (χ1n) is 11.3. The Kier molecular flexibility index (Phi) is 7.37. The predicted octanol–water partition coefficient (Wildman–Crippen LogP) is 3.50. The van der Waals surface area contributed by atoms with Gasteiger partial charge in [0.05, 0.1) is 18.2 Å². The molecule has 0 bridgehead atoms. The molecule has 1 aliphatic rings. The van der Waals surface area contributed by atoms with E-state index >= 15 is 0 Å². The number of nitrogens with zero attached hydrogens (tertiary/aromatic N) is 4. The standard InChI is InChI=1S/C18H18N6O2.C8H10O/c1-10-7-20-17(26-10)14-8-21-18(23-16(14)19)22-13-4-3-11-6-15(25)24(2)9-12(11)5-13;9-7-6-8-4-2-1-3-5-8/h3-5,7-8H,6,9H2,1-2H3,(H3,19,21,22,23);1-5,9H,6-7H2. The van der Waals surface area contributed by atoms with Crippen LogP contribution < -0.4 is 11.1 Å². The minimum atomic E-state index is 0.131. The quantitative estimate of drug-likeness (QED) is 0.402. The maximum Gasteiger partial charge on any atom is 0.231 e. The van der Waals surface area contributed by atoms with Crippen LogP contribution in [0.2, 0.25) is 0 Å². The number of aliphatic hydroxyl groups is 1. The van der Waals surface area contributed by atoms with Gasteiger partial charge in [0.25, 0.3) is 0 Å². The van der Waals surface area contributed by atoms with Crippen LogP contribution in [-0.4, -0.2) is 44.5 Å². The minimum absolute atomic E-state index is 0.131. The molecule has 0 saturated heterocycles. The van der Waals surface area contributed by atoms with Crippen molar-refractivity contribution in [3.63, 3.8) is 0 Å². The van der Waals surface area contributed by atoms with Crippen LogP contribution in [0.5, 0.6) is 0 Å². The van der Waals surface area contributed by atoms with Crippen molar-refractivity contribution in [2.75, 3.05) is 24.7 Å². The molecule has 0 atom stereocenters. The number of benzene rings is 2. The van der Waals surface area contributed by atoms with Gasteiger partial charge in [0.2, 0.25) is 17.7 Å². The minimum Gasteiger partial charge on any atom is -0.441 e. The topological polar surface area (TPSA) is 130 Å². The Hall–Kier alpha value is -4.24. The number of hydrogen-bond donors (Lipinski definition) is 3. The van der Waals surface area contributed by atoms with Gasteiger partial charge < -0.3 is 25.5 Å². The van der Waals surface area contributed by atoms with E-state index in [2.05, 4.69) is 20.3 Å². The maximum atomic E-state index is 11.8. The van der Waals surface area contributed by atoms with Crippen molar-refractivity contribution in [3.05, 3.63) is 83.4 Å². The lowest BCUT2D eigenvalue weighted by atomic mass is 9.99. The number of amides is 1. The molecule has 9 nitrogen and oxygen atoms in total. The predicted molar refractivity (Wildman–Crippen MR) is 134 cm³/mol. The molecular formula is C26H28N6O3. The molecule has 4 N–H and O–H groups in total. The molecule has 3 heterocycles. The Bertz CT molecular complexity index is 1310. The Morgan fingerprint density at radius 3 is 2.60 bits per heavy atom. The van der Waals surface area contributed by atoms with Crippen LogP contribution in [0.15, 0.2) is 65.3 Å². The summed E-state index contributed by atoms with van der Waals surface area (Å²) in [5, 5.41) is 11.7. The number of nitrogens with one attached hydrogen (secondary N) is 1. The van der Waals surface area contributed by atoms with Crippen LogP contribution in [0.3, 0.4) is 0 Å². The number of carbonyl (C=O) groups is 1. The molecule has 2 aromatic carbocycles. The number of anilines is 3. The molecule has 35 heavy (non-hydrogen) atoms. The largest absolute Gasteiger partial charge is 0.441 e. The fraction of sp³-hybridized carbons (Fsp3) is 0.231. The molecule has 4 aromatic rings. The summed E-state index contributed by atoms with van der Waals surface area (Å²) in [7, 11) is 1.80. The summed E-state index contributed by atoms with van der Waals surface area (Å²) < 4.78 is 5.47. The molecule has 0 aliphatic carbocycles. The normalized spacial score (nSPS) is 12.5. The lowest BCUT2D eigenvalue weighted by Crippen LogP contribution is -2.32. The van der Waals surface area contributed by atoms with E-state index < -0.39 is 0 Å². The molecule has 5 rings (SSSR count). The van der Waals surface area contributed by atoms with Gasteiger partial charge in [-0.05, 0) is 42.2 Å². The van der Waals surface area contributed by atoms with E-state index in [1.54, 1.807) is 24.3 Å². The third-order valence-corrected chi connectivity index (χ3v) is 5.55. The second kappa shape index (κ2) is 10.8. The highest BCUT2D eigenvalue weighted by Crippen LogP contribution is 2.27. The van der Waals surface area contributed by atoms with Gasteiger partial charge in [-0.2, -0.15) is 4.98 Å². The molecule has 1 amide bonds. The van der Waals surface area contributed by atoms with Gasteiger partial charge >= 0.3 is 0 Å². The zero-order valence-electron chi connectivity index (χ0n) is 19.7. The number of nitrogen functional groups attached to an aromatic ring is 1. The Morgan fingerprint density at radius 1 is 1.11 bits per heavy atom. The molecule has 0 spiro atoms. The van der Waals surface area contributed by atoms with Crippen LogP contribution >= 0.6 is 0 Å². The fourth-order valence-corrected chi connectivity index (χ4v) is 3.67. The van der Waals surface area contributed by atoms with Crippen molar-refractivity contribution in [3.8, 4) is 11.5 Å². The van der Waals surface area contributed by atoms with Crippen molar-refractivity contribution in [2.24, 2.45) is 0 Å². The summed E-state index contributed by atoms with van der Waals surface area (Å²) in [5.74, 6) is 1.89. The number of oxazole rings is 1. The molecule has 9 heteroatoms. The van der Waals surface area contributed by atoms with Crippen molar-refractivity contribution in [2.45, 2.75) is 26.3 Å². The van der Waals surface area contributed by atoms with Gasteiger partial charge in [-0.3, -0.25) is 4.79 Å². The van der Waals surface area contributed by atoms with E-state index in [-0.39, 0.29) is 18.3 Å². The molecular weight excluding hydrogens is 444 g/mol. The number of aromatic nitrogens is 3. The Labute approximate surface area is 203 Å². The lowest BCUT2D eigenvalue weighted by Gasteiger charge is -2.25. The molecule has 0 unspecified atom stereocenters. The highest BCUT2D eigenvalue weighted by molar-refractivity contribution is 5.81. The molecule has 1 aliphatic heterocycles. The summed E-state index contributed by atoms with van der Waals surface area (Å²) in [6.45, 7) is 2.64. The van der Waals surface area contributed by atoms with E-state index in [1.807, 2.05) is 55.5 Å². The SMILES string of the molecule is Cc1cnc(-c2cnc(Nc3ccc4c(c3)CN(C)C(=O)C4)nc2N)o1.OCCc1ccccc1. The van der Waals surface area contributed by atoms with Crippen LogP contribution in [0, 0.1) is 6.92 Å². The first kappa shape index (κ1) is 23.9. The number of aryl methyl sites for hydroxylation is 1. The first-order chi connectivity index (χ1) is 16.9. The fourth-order valence-electron chi connectivity index (χ4n) is 3.67. The van der Waals surface area contributed by atoms with E-state index in [0.29, 0.717) is 36.1 Å². The van der Waals surface area contributed by atoms with E-state index in [4.69, 9.17) is 15.3 Å². The molecule has 0 radical (unpaired) electrons. The van der Waals surface area contributed by atoms with Gasteiger partial charge in [0, 0.05) is 32.1 Å². The van der Waals surface area contributed by atoms with E-state index in [1.165, 1.54) is 5.56 Å². The molecule has 0 saturated carbocycles. The number of likely N-dealkylation sites (N-methyl/N-ethyl adjacent to an activating group) is 1. The monoisotopic (exact) mass is 472 g/mol. The van der Waals surface area contributed by atoms with Gasteiger partial charge in [-0.15, -0.1) is 0 Å². The molecule has 2 aromatic heterocycles. The molecule has 180 valence electrons. The highest BCUT2D eigenvalue weighted by Gasteiger charge is 2.20. The zero-order chi connectivity index (χ0) is 24.8. The third-order valence-electron chi connectivity index (χ3n) is 5.55. The second-order valence-electron chi connectivity index (χ2n) is 8.26. The summed E-state index contributed by atoms with van der Waals surface area (Å²) in [5.41, 5.74) is 10.8. The van der Waals surface area contributed by atoms with Gasteiger partial charge in [-0.25, -0.2) is 9.97 Å². The first-order valence-corrected chi connectivity index (χ1v) is 11.3. The van der Waals surface area contributed by atoms with Crippen LogP contribution in [0.4, 0.5) is 17.5 Å². The van der Waals surface area contributed by atoms with E-state index in [9.17, 15) is 4.79 Å². The molecule has 0 fully saturated rings. The zero-order valence-corrected chi connectivity index (χ0v) is 19.7. The van der Waals surface area contributed by atoms with Gasteiger partial charge in [0.15, 0.2) is 0 Å². The van der Waals surface area contributed by atoms with Crippen molar-refractivity contribution in [1.82, 2.24) is 19.9 Å². The van der Waals surface area contributed by atoms with Crippen molar-refractivity contribution >= 4 is 23.4 Å². The Morgan fingerprint density at radius 2 is 1.91 bits per heavy atom. The van der Waals surface area contributed by atoms with Gasteiger partial charge in [-0.1, -0.05) is 36.4 Å². The smallest absolute Gasteiger partial charge is 0.231 e. The maximum absolute atomic E-state index is 11.8. The van der Waals surface area contributed by atoms with Crippen LogP contribution in [0.25, 0.3) is 11.5 Å². The average Bonchev–Trinajstić information content (AvgIpc) is 3.27. The number of carbonyl (C=O) groups excluding carboxylic acids is 1. The van der Waals surface area contributed by atoms with Crippen molar-refractivity contribution in [1.29, 1.82) is 0 Å². The van der Waals surface area contributed by atoms with E-state index in [0.717, 1.165) is 23.2 Å². The summed E-state index contributed by atoms with van der Waals surface area (Å²) in [4.78, 5) is 26.2. The lowest BCUT2D eigenvalue weighted by molar-refractivity contribution is -0.130. The number of rotatable bonds is 5. The number of hydrogen-bond acceptors (Lipinski definition) is 8. The summed E-state index contributed by atoms with van der Waals surface area (Å²) in [6.07, 6.45) is 4.40. The van der Waals surface area contributed by atoms with Crippen molar-refractivity contribution < 1.29 is 14.3 Å². The highest BCUT2D eigenvalue weighted by atomic mass is 16.4. The summed E-state index contributed by atoms with van der Waals surface area (Å²) >= 11 is 0. The number of fused-ring (bicyclic) bond motifs is 1.